The Morgan fingerprint density at radius 2 is 1.55 bits per heavy atom. The number of phenolic OH excluding ortho intramolecular Hbond substituents is 1. The Balaban J connectivity index is 1.58. The number of ether oxygens (including phenoxy) is 1. The molecule has 1 aromatic carbocycles. The standard InChI is InChI=1S/C21H28ClN7O2/c1-31-17-13-16(22)12-15(18(17)30)14-23-27-19-24-20(28-8-4-2-5-9-28)26-21(25-19)29-10-6-3-7-11-29/h12-14,30H,2-11H2,1H3,(H,24,25,26,27)/b23-14+. The van der Waals surface area contributed by atoms with E-state index in [1.165, 1.54) is 26.2 Å². The monoisotopic (exact) mass is 445 g/mol. The highest BCUT2D eigenvalue weighted by molar-refractivity contribution is 6.31. The zero-order valence-corrected chi connectivity index (χ0v) is 18.5. The molecule has 2 fully saturated rings. The summed E-state index contributed by atoms with van der Waals surface area (Å²) >= 11 is 6.09. The van der Waals surface area contributed by atoms with E-state index in [0.717, 1.165) is 51.9 Å². The van der Waals surface area contributed by atoms with Gasteiger partial charge in [0.15, 0.2) is 11.5 Å². The van der Waals surface area contributed by atoms with E-state index in [4.69, 9.17) is 21.3 Å². The molecule has 2 aliphatic rings. The predicted octanol–water partition coefficient (Wildman–Crippen LogP) is 3.67. The van der Waals surface area contributed by atoms with Crippen molar-refractivity contribution in [3.8, 4) is 11.5 Å². The number of hydrogen-bond acceptors (Lipinski definition) is 9. The Morgan fingerprint density at radius 3 is 2.10 bits per heavy atom. The molecular formula is C21H28ClN7O2. The summed E-state index contributed by atoms with van der Waals surface area (Å²) in [6, 6.07) is 3.15. The molecule has 0 atom stereocenters. The minimum atomic E-state index is -0.0314. The lowest BCUT2D eigenvalue weighted by molar-refractivity contribution is 0.373. The van der Waals surface area contributed by atoms with E-state index in [1.807, 2.05) is 0 Å². The normalized spacial score (nSPS) is 17.2. The van der Waals surface area contributed by atoms with E-state index in [0.29, 0.717) is 28.4 Å². The van der Waals surface area contributed by atoms with Crippen LogP contribution in [0.2, 0.25) is 5.02 Å². The highest BCUT2D eigenvalue weighted by Crippen LogP contribution is 2.32. The van der Waals surface area contributed by atoms with Crippen molar-refractivity contribution in [1.82, 2.24) is 15.0 Å². The van der Waals surface area contributed by atoms with Gasteiger partial charge in [-0.05, 0) is 44.6 Å². The Morgan fingerprint density at radius 1 is 0.968 bits per heavy atom. The predicted molar refractivity (Wildman–Crippen MR) is 123 cm³/mol. The summed E-state index contributed by atoms with van der Waals surface area (Å²) in [4.78, 5) is 18.4. The molecule has 2 aliphatic heterocycles. The number of nitrogens with zero attached hydrogens (tertiary/aromatic N) is 6. The second kappa shape index (κ2) is 10.00. The van der Waals surface area contributed by atoms with Crippen molar-refractivity contribution in [1.29, 1.82) is 0 Å². The molecule has 10 heteroatoms. The number of methoxy groups -OCH3 is 1. The molecule has 3 heterocycles. The minimum Gasteiger partial charge on any atom is -0.504 e. The molecule has 9 nitrogen and oxygen atoms in total. The van der Waals surface area contributed by atoms with E-state index in [-0.39, 0.29) is 11.5 Å². The molecule has 0 radical (unpaired) electrons. The first kappa shape index (κ1) is 21.4. The average Bonchev–Trinajstić information content (AvgIpc) is 2.82. The van der Waals surface area contributed by atoms with Crippen molar-refractivity contribution in [3.05, 3.63) is 22.7 Å². The van der Waals surface area contributed by atoms with Crippen LogP contribution in [-0.2, 0) is 0 Å². The number of benzene rings is 1. The maximum atomic E-state index is 10.3. The fourth-order valence-electron chi connectivity index (χ4n) is 3.88. The molecule has 2 N–H and O–H groups in total. The molecule has 0 amide bonds. The first-order valence-electron chi connectivity index (χ1n) is 10.8. The second-order valence-electron chi connectivity index (χ2n) is 7.77. The smallest absolute Gasteiger partial charge is 0.250 e. The van der Waals surface area contributed by atoms with Crippen molar-refractivity contribution in [2.75, 3.05) is 48.5 Å². The summed E-state index contributed by atoms with van der Waals surface area (Å²) in [5.74, 6) is 1.99. The summed E-state index contributed by atoms with van der Waals surface area (Å²) in [7, 11) is 1.47. The number of piperidine rings is 2. The Kier molecular flexibility index (Phi) is 6.91. The van der Waals surface area contributed by atoms with Crippen LogP contribution in [0.1, 0.15) is 44.1 Å². The molecule has 166 valence electrons. The van der Waals surface area contributed by atoms with Crippen LogP contribution in [0.15, 0.2) is 17.2 Å². The SMILES string of the molecule is COc1cc(Cl)cc(/C=N/Nc2nc(N3CCCCC3)nc(N3CCCCC3)n2)c1O. The first-order valence-corrected chi connectivity index (χ1v) is 11.1. The largest absolute Gasteiger partial charge is 0.504 e. The number of rotatable bonds is 6. The summed E-state index contributed by atoms with van der Waals surface area (Å²) in [6.45, 7) is 3.79. The molecule has 0 unspecified atom stereocenters. The van der Waals surface area contributed by atoms with Gasteiger partial charge in [-0.2, -0.15) is 20.1 Å². The van der Waals surface area contributed by atoms with Gasteiger partial charge in [0, 0.05) is 42.8 Å². The van der Waals surface area contributed by atoms with Gasteiger partial charge in [0.1, 0.15) is 0 Å². The van der Waals surface area contributed by atoms with E-state index < -0.39 is 0 Å². The summed E-state index contributed by atoms with van der Waals surface area (Å²) in [5, 5.41) is 14.9. The van der Waals surface area contributed by atoms with E-state index >= 15 is 0 Å². The van der Waals surface area contributed by atoms with Gasteiger partial charge in [0.25, 0.3) is 0 Å². The molecule has 1 aromatic heterocycles. The Labute approximate surface area is 187 Å². The van der Waals surface area contributed by atoms with Crippen LogP contribution in [0.3, 0.4) is 0 Å². The van der Waals surface area contributed by atoms with Crippen LogP contribution >= 0.6 is 11.6 Å². The molecule has 0 saturated carbocycles. The lowest BCUT2D eigenvalue weighted by atomic mass is 10.1. The van der Waals surface area contributed by atoms with Gasteiger partial charge in [-0.3, -0.25) is 0 Å². The molecule has 0 spiro atoms. The van der Waals surface area contributed by atoms with Gasteiger partial charge >= 0.3 is 0 Å². The molecule has 2 saturated heterocycles. The number of halogens is 1. The van der Waals surface area contributed by atoms with Crippen LogP contribution < -0.4 is 20.0 Å². The van der Waals surface area contributed by atoms with Crippen LogP contribution in [-0.4, -0.2) is 59.6 Å². The molecule has 4 rings (SSSR count). The zero-order valence-electron chi connectivity index (χ0n) is 17.7. The lowest BCUT2D eigenvalue weighted by Gasteiger charge is -2.30. The number of hydrazone groups is 1. The van der Waals surface area contributed by atoms with Gasteiger partial charge in [-0.1, -0.05) is 11.6 Å². The summed E-state index contributed by atoms with van der Waals surface area (Å²) in [6.07, 6.45) is 8.51. The summed E-state index contributed by atoms with van der Waals surface area (Å²) in [5.41, 5.74) is 3.32. The van der Waals surface area contributed by atoms with E-state index in [2.05, 4.69) is 30.3 Å². The third-order valence-corrected chi connectivity index (χ3v) is 5.77. The molecular weight excluding hydrogens is 418 g/mol. The van der Waals surface area contributed by atoms with Gasteiger partial charge in [-0.15, -0.1) is 0 Å². The Bertz CT molecular complexity index is 892. The number of aromatic nitrogens is 3. The fourth-order valence-corrected chi connectivity index (χ4v) is 4.10. The second-order valence-corrected chi connectivity index (χ2v) is 8.21. The maximum absolute atomic E-state index is 10.3. The number of nitrogens with one attached hydrogen (secondary N) is 1. The highest BCUT2D eigenvalue weighted by atomic mass is 35.5. The van der Waals surface area contributed by atoms with Gasteiger partial charge in [0.05, 0.1) is 13.3 Å². The average molecular weight is 446 g/mol. The van der Waals surface area contributed by atoms with Gasteiger partial charge in [0.2, 0.25) is 17.8 Å². The number of hydrogen-bond donors (Lipinski definition) is 2. The van der Waals surface area contributed by atoms with Gasteiger partial charge in [-0.25, -0.2) is 5.43 Å². The molecule has 0 bridgehead atoms. The van der Waals surface area contributed by atoms with E-state index in [9.17, 15) is 5.11 Å². The number of phenols is 1. The third-order valence-electron chi connectivity index (χ3n) is 5.55. The number of aromatic hydroxyl groups is 1. The maximum Gasteiger partial charge on any atom is 0.250 e. The van der Waals surface area contributed by atoms with Crippen molar-refractivity contribution in [2.45, 2.75) is 38.5 Å². The highest BCUT2D eigenvalue weighted by Gasteiger charge is 2.20. The van der Waals surface area contributed by atoms with Crippen LogP contribution in [0.4, 0.5) is 17.8 Å². The third kappa shape index (κ3) is 5.28. The lowest BCUT2D eigenvalue weighted by Crippen LogP contribution is -2.34. The van der Waals surface area contributed by atoms with Crippen molar-refractivity contribution in [3.63, 3.8) is 0 Å². The van der Waals surface area contributed by atoms with Crippen LogP contribution in [0, 0.1) is 0 Å². The van der Waals surface area contributed by atoms with Crippen LogP contribution in [0.5, 0.6) is 11.5 Å². The first-order chi connectivity index (χ1) is 15.1. The Hall–Kier alpha value is -2.81. The van der Waals surface area contributed by atoms with Crippen molar-refractivity contribution < 1.29 is 9.84 Å². The van der Waals surface area contributed by atoms with Crippen LogP contribution in [0.25, 0.3) is 0 Å². The summed E-state index contributed by atoms with van der Waals surface area (Å²) < 4.78 is 5.14. The molecule has 2 aromatic rings. The number of anilines is 3. The topological polar surface area (TPSA) is 99.0 Å². The molecule has 0 aliphatic carbocycles. The fraction of sp³-hybridized carbons (Fsp3) is 0.524. The quantitative estimate of drug-likeness (QED) is 0.513. The van der Waals surface area contributed by atoms with Crippen molar-refractivity contribution >= 4 is 35.7 Å². The van der Waals surface area contributed by atoms with Crippen molar-refractivity contribution in [2.24, 2.45) is 5.10 Å². The van der Waals surface area contributed by atoms with E-state index in [1.54, 1.807) is 12.1 Å². The molecule has 31 heavy (non-hydrogen) atoms. The van der Waals surface area contributed by atoms with Gasteiger partial charge < -0.3 is 19.6 Å². The minimum absolute atomic E-state index is 0.0314. The zero-order chi connectivity index (χ0) is 21.6.